The van der Waals surface area contributed by atoms with E-state index >= 15 is 0 Å². The van der Waals surface area contributed by atoms with Crippen LogP contribution in [0.4, 0.5) is 5.69 Å². The molecule has 2 amide bonds. The van der Waals surface area contributed by atoms with E-state index in [4.69, 9.17) is 9.47 Å². The number of para-hydroxylation sites is 1. The molecule has 0 unspecified atom stereocenters. The van der Waals surface area contributed by atoms with Gasteiger partial charge in [0.25, 0.3) is 5.91 Å². The molecule has 4 rings (SSSR count). The number of anilines is 1. The van der Waals surface area contributed by atoms with Gasteiger partial charge in [-0.15, -0.1) is 0 Å². The van der Waals surface area contributed by atoms with Gasteiger partial charge in [-0.05, 0) is 54.7 Å². The molecule has 2 aliphatic rings. The summed E-state index contributed by atoms with van der Waals surface area (Å²) in [6.45, 7) is 5.22. The number of methoxy groups -OCH3 is 2. The molecule has 2 heterocycles. The number of imide groups is 1. The van der Waals surface area contributed by atoms with Gasteiger partial charge in [-0.1, -0.05) is 18.2 Å². The number of carbonyl (C=O) groups excluding carboxylic acids is 2. The van der Waals surface area contributed by atoms with Gasteiger partial charge in [-0.3, -0.25) is 14.5 Å². The molecule has 1 atom stereocenters. The third kappa shape index (κ3) is 3.27. The molecule has 6 nitrogen and oxygen atoms in total. The van der Waals surface area contributed by atoms with Crippen molar-refractivity contribution in [1.29, 1.82) is 0 Å². The van der Waals surface area contributed by atoms with Crippen molar-refractivity contribution >= 4 is 17.5 Å². The largest absolute Gasteiger partial charge is 0.493 e. The van der Waals surface area contributed by atoms with Crippen molar-refractivity contribution in [2.24, 2.45) is 0 Å². The first-order valence-corrected chi connectivity index (χ1v) is 9.85. The lowest BCUT2D eigenvalue weighted by Crippen LogP contribution is -2.44. The highest BCUT2D eigenvalue weighted by Gasteiger charge is 2.44. The predicted molar refractivity (Wildman–Crippen MR) is 110 cm³/mol. The monoisotopic (exact) mass is 394 g/mol. The Kier molecular flexibility index (Phi) is 5.04. The van der Waals surface area contributed by atoms with Gasteiger partial charge in [0, 0.05) is 13.1 Å². The van der Waals surface area contributed by atoms with Gasteiger partial charge in [0.2, 0.25) is 5.91 Å². The highest BCUT2D eigenvalue weighted by molar-refractivity contribution is 6.23. The molecule has 2 aliphatic heterocycles. The average molecular weight is 394 g/mol. The lowest BCUT2D eigenvalue weighted by Gasteiger charge is -2.33. The number of amides is 2. The van der Waals surface area contributed by atoms with E-state index in [9.17, 15) is 9.59 Å². The fourth-order valence-electron chi connectivity index (χ4n) is 4.47. The van der Waals surface area contributed by atoms with Crippen LogP contribution < -0.4 is 14.4 Å². The van der Waals surface area contributed by atoms with Crippen LogP contribution in [-0.2, 0) is 22.6 Å². The Morgan fingerprint density at radius 3 is 2.21 bits per heavy atom. The molecule has 2 aromatic rings. The van der Waals surface area contributed by atoms with Gasteiger partial charge in [-0.2, -0.15) is 0 Å². The van der Waals surface area contributed by atoms with E-state index < -0.39 is 6.04 Å². The zero-order valence-electron chi connectivity index (χ0n) is 17.3. The Hall–Kier alpha value is -2.86. The van der Waals surface area contributed by atoms with Crippen LogP contribution in [0.3, 0.4) is 0 Å². The Balaban J connectivity index is 1.61. The molecule has 6 heteroatoms. The number of benzene rings is 2. The summed E-state index contributed by atoms with van der Waals surface area (Å²) >= 11 is 0. The molecule has 152 valence electrons. The molecule has 0 N–H and O–H groups in total. The minimum absolute atomic E-state index is 0.128. The summed E-state index contributed by atoms with van der Waals surface area (Å²) < 4.78 is 10.8. The summed E-state index contributed by atoms with van der Waals surface area (Å²) in [6.07, 6.45) is 1.02. The fourth-order valence-corrected chi connectivity index (χ4v) is 4.47. The number of ether oxygens (including phenoxy) is 2. The summed E-state index contributed by atoms with van der Waals surface area (Å²) in [5, 5.41) is 0. The van der Waals surface area contributed by atoms with Gasteiger partial charge in [-0.25, -0.2) is 4.90 Å². The van der Waals surface area contributed by atoms with E-state index in [0.29, 0.717) is 18.0 Å². The minimum Gasteiger partial charge on any atom is -0.493 e. The number of fused-ring (bicyclic) bond motifs is 1. The molecule has 0 radical (unpaired) electrons. The third-order valence-electron chi connectivity index (χ3n) is 5.97. The second kappa shape index (κ2) is 7.52. The number of nitrogens with zero attached hydrogens (tertiary/aromatic N) is 2. The first-order valence-electron chi connectivity index (χ1n) is 9.85. The van der Waals surface area contributed by atoms with Crippen molar-refractivity contribution in [3.63, 3.8) is 0 Å². The standard InChI is InChI=1S/C23H26N2O4/c1-14-6-5-7-15(2)22(14)25-21(26)12-18(23(25)27)24-9-8-16-10-19(28-3)20(29-4)11-17(16)13-24/h5-7,10-11,18H,8-9,12-13H2,1-4H3/t18-/m0/s1. The van der Waals surface area contributed by atoms with Crippen LogP contribution >= 0.6 is 0 Å². The van der Waals surface area contributed by atoms with E-state index in [2.05, 4.69) is 4.90 Å². The van der Waals surface area contributed by atoms with Crippen LogP contribution in [0.1, 0.15) is 28.7 Å². The highest BCUT2D eigenvalue weighted by atomic mass is 16.5. The molecule has 0 saturated carbocycles. The SMILES string of the molecule is COc1cc2c(cc1OC)CN([C@H]1CC(=O)N(c3c(C)cccc3C)C1=O)CC2. The van der Waals surface area contributed by atoms with Crippen LogP contribution in [0.2, 0.25) is 0 Å². The number of hydrogen-bond donors (Lipinski definition) is 0. The lowest BCUT2D eigenvalue weighted by atomic mass is 9.97. The summed E-state index contributed by atoms with van der Waals surface area (Å²) in [7, 11) is 3.25. The maximum atomic E-state index is 13.3. The Morgan fingerprint density at radius 2 is 1.59 bits per heavy atom. The smallest absolute Gasteiger partial charge is 0.251 e. The molecular formula is C23H26N2O4. The van der Waals surface area contributed by atoms with Gasteiger partial charge < -0.3 is 9.47 Å². The maximum absolute atomic E-state index is 13.3. The summed E-state index contributed by atoms with van der Waals surface area (Å²) in [5.74, 6) is 1.14. The van der Waals surface area contributed by atoms with Crippen molar-refractivity contribution < 1.29 is 19.1 Å². The minimum atomic E-state index is -0.428. The lowest BCUT2D eigenvalue weighted by molar-refractivity contribution is -0.123. The molecule has 0 bridgehead atoms. The normalized spacial score (nSPS) is 19.4. The topological polar surface area (TPSA) is 59.1 Å². The molecule has 0 aliphatic carbocycles. The van der Waals surface area contributed by atoms with Gasteiger partial charge in [0.1, 0.15) is 0 Å². The van der Waals surface area contributed by atoms with Crippen molar-refractivity contribution in [3.05, 3.63) is 52.6 Å². The quantitative estimate of drug-likeness (QED) is 0.746. The second-order valence-corrected chi connectivity index (χ2v) is 7.72. The average Bonchev–Trinajstić information content (AvgIpc) is 3.01. The summed E-state index contributed by atoms with van der Waals surface area (Å²) in [4.78, 5) is 29.6. The second-order valence-electron chi connectivity index (χ2n) is 7.72. The summed E-state index contributed by atoms with van der Waals surface area (Å²) in [6, 6.07) is 9.38. The van der Waals surface area contributed by atoms with Crippen molar-refractivity contribution in [2.75, 3.05) is 25.7 Å². The highest BCUT2D eigenvalue weighted by Crippen LogP contribution is 2.36. The van der Waals surface area contributed by atoms with Gasteiger partial charge >= 0.3 is 0 Å². The van der Waals surface area contributed by atoms with E-state index in [-0.39, 0.29) is 18.2 Å². The van der Waals surface area contributed by atoms with E-state index in [1.807, 2.05) is 44.2 Å². The molecule has 0 aromatic heterocycles. The van der Waals surface area contributed by atoms with Crippen molar-refractivity contribution in [1.82, 2.24) is 4.90 Å². The van der Waals surface area contributed by atoms with Crippen LogP contribution in [-0.4, -0.2) is 43.5 Å². The first-order chi connectivity index (χ1) is 13.9. The summed E-state index contributed by atoms with van der Waals surface area (Å²) in [5.41, 5.74) is 4.91. The molecule has 29 heavy (non-hydrogen) atoms. The zero-order chi connectivity index (χ0) is 20.7. The van der Waals surface area contributed by atoms with Crippen molar-refractivity contribution in [2.45, 2.75) is 39.3 Å². The maximum Gasteiger partial charge on any atom is 0.251 e. The molecule has 1 saturated heterocycles. The molecule has 0 spiro atoms. The van der Waals surface area contributed by atoms with Crippen LogP contribution in [0, 0.1) is 13.8 Å². The van der Waals surface area contributed by atoms with E-state index in [1.165, 1.54) is 10.5 Å². The molecule has 1 fully saturated rings. The predicted octanol–water partition coefficient (Wildman–Crippen LogP) is 3.01. The number of aryl methyl sites for hydroxylation is 2. The number of hydrogen-bond acceptors (Lipinski definition) is 5. The Morgan fingerprint density at radius 1 is 0.966 bits per heavy atom. The van der Waals surface area contributed by atoms with Gasteiger partial charge in [0.15, 0.2) is 11.5 Å². The first kappa shape index (κ1) is 19.5. The van der Waals surface area contributed by atoms with E-state index in [0.717, 1.165) is 35.3 Å². The molecule has 2 aromatic carbocycles. The zero-order valence-corrected chi connectivity index (χ0v) is 17.3. The number of carbonyl (C=O) groups is 2. The third-order valence-corrected chi connectivity index (χ3v) is 5.97. The van der Waals surface area contributed by atoms with Crippen LogP contribution in [0.15, 0.2) is 30.3 Å². The fraction of sp³-hybridized carbons (Fsp3) is 0.391. The Labute approximate surface area is 171 Å². The molecular weight excluding hydrogens is 368 g/mol. The van der Waals surface area contributed by atoms with Crippen LogP contribution in [0.5, 0.6) is 11.5 Å². The van der Waals surface area contributed by atoms with Gasteiger partial charge in [0.05, 0.1) is 32.4 Å². The number of rotatable bonds is 4. The van der Waals surface area contributed by atoms with E-state index in [1.54, 1.807) is 14.2 Å². The van der Waals surface area contributed by atoms with Crippen LogP contribution in [0.25, 0.3) is 0 Å². The Bertz CT molecular complexity index is 965. The van der Waals surface area contributed by atoms with Crippen molar-refractivity contribution in [3.8, 4) is 11.5 Å².